The van der Waals surface area contributed by atoms with Crippen molar-refractivity contribution < 1.29 is 0 Å². The lowest BCUT2D eigenvalue weighted by Crippen LogP contribution is -2.02. The fourth-order valence-corrected chi connectivity index (χ4v) is 3.78. The van der Waals surface area contributed by atoms with Crippen molar-refractivity contribution in [2.24, 2.45) is 7.05 Å². The third-order valence-corrected chi connectivity index (χ3v) is 5.18. The molecule has 0 saturated carbocycles. The van der Waals surface area contributed by atoms with Crippen molar-refractivity contribution in [3.8, 4) is 0 Å². The summed E-state index contributed by atoms with van der Waals surface area (Å²) in [4.78, 5) is 15.8. The maximum Gasteiger partial charge on any atom is 0.225 e. The lowest BCUT2D eigenvalue weighted by atomic mass is 10.3. The van der Waals surface area contributed by atoms with Gasteiger partial charge in [-0.2, -0.15) is 5.10 Å². The van der Waals surface area contributed by atoms with Gasteiger partial charge in [0, 0.05) is 23.9 Å². The van der Waals surface area contributed by atoms with E-state index >= 15 is 0 Å². The van der Waals surface area contributed by atoms with Crippen LogP contribution in [-0.4, -0.2) is 31.3 Å². The largest absolute Gasteiger partial charge is 0.354 e. The normalized spacial score (nSPS) is 11.2. The highest BCUT2D eigenvalue weighted by molar-refractivity contribution is 7.99. The van der Waals surface area contributed by atoms with E-state index in [0.717, 1.165) is 33.4 Å². The molecule has 0 atom stereocenters. The molecule has 0 fully saturated rings. The Morgan fingerprint density at radius 2 is 2.19 bits per heavy atom. The zero-order valence-corrected chi connectivity index (χ0v) is 13.8. The quantitative estimate of drug-likeness (QED) is 0.729. The van der Waals surface area contributed by atoms with Crippen LogP contribution < -0.4 is 5.32 Å². The van der Waals surface area contributed by atoms with Crippen LogP contribution in [0.1, 0.15) is 18.7 Å². The van der Waals surface area contributed by atoms with Crippen LogP contribution in [-0.2, 0) is 13.5 Å². The van der Waals surface area contributed by atoms with Gasteiger partial charge in [0.15, 0.2) is 5.16 Å². The van der Waals surface area contributed by atoms with Crippen molar-refractivity contribution in [3.05, 3.63) is 17.3 Å². The molecule has 0 saturated heterocycles. The minimum Gasteiger partial charge on any atom is -0.354 e. The van der Waals surface area contributed by atoms with Gasteiger partial charge in [0.2, 0.25) is 5.95 Å². The van der Waals surface area contributed by atoms with E-state index in [-0.39, 0.29) is 0 Å². The molecule has 110 valence electrons. The molecule has 1 N–H and O–H groups in total. The summed E-state index contributed by atoms with van der Waals surface area (Å²) < 4.78 is 1.75. The molecule has 3 aromatic heterocycles. The molecular formula is C13H16N6S2. The van der Waals surface area contributed by atoms with Crippen molar-refractivity contribution in [2.45, 2.75) is 30.5 Å². The Morgan fingerprint density at radius 3 is 2.86 bits per heavy atom. The molecule has 3 rings (SSSR count). The first-order valence-corrected chi connectivity index (χ1v) is 8.40. The van der Waals surface area contributed by atoms with Crippen LogP contribution in [0.4, 0.5) is 5.95 Å². The van der Waals surface area contributed by atoms with Gasteiger partial charge in [0.1, 0.15) is 16.2 Å². The fraction of sp³-hybridized carbons (Fsp3) is 0.385. The van der Waals surface area contributed by atoms with Gasteiger partial charge in [-0.3, -0.25) is 0 Å². The van der Waals surface area contributed by atoms with E-state index < -0.39 is 0 Å². The zero-order valence-electron chi connectivity index (χ0n) is 12.1. The average Bonchev–Trinajstić information content (AvgIpc) is 3.06. The number of rotatable bonds is 5. The predicted octanol–water partition coefficient (Wildman–Crippen LogP) is 2.97. The SMILES string of the molecule is CCNc1nc(Sc2ncnn2C)c2cc(CC)sc2n1. The molecule has 3 heterocycles. The third kappa shape index (κ3) is 2.86. The van der Waals surface area contributed by atoms with Crippen LogP contribution in [0.3, 0.4) is 0 Å². The second-order valence-electron chi connectivity index (χ2n) is 4.44. The van der Waals surface area contributed by atoms with Crippen molar-refractivity contribution in [2.75, 3.05) is 11.9 Å². The first-order valence-electron chi connectivity index (χ1n) is 6.77. The third-order valence-electron chi connectivity index (χ3n) is 2.95. The van der Waals surface area contributed by atoms with Crippen LogP contribution in [0, 0.1) is 0 Å². The number of aromatic nitrogens is 5. The van der Waals surface area contributed by atoms with Crippen molar-refractivity contribution in [1.29, 1.82) is 0 Å². The van der Waals surface area contributed by atoms with Gasteiger partial charge in [-0.15, -0.1) is 11.3 Å². The summed E-state index contributed by atoms with van der Waals surface area (Å²) in [7, 11) is 1.88. The number of aryl methyl sites for hydroxylation is 2. The van der Waals surface area contributed by atoms with Crippen molar-refractivity contribution >= 4 is 39.3 Å². The van der Waals surface area contributed by atoms with Crippen LogP contribution in [0.15, 0.2) is 22.6 Å². The topological polar surface area (TPSA) is 68.5 Å². The second kappa shape index (κ2) is 5.98. The molecule has 0 amide bonds. The van der Waals surface area contributed by atoms with Gasteiger partial charge >= 0.3 is 0 Å². The molecule has 0 spiro atoms. The monoisotopic (exact) mass is 320 g/mol. The van der Waals surface area contributed by atoms with Crippen LogP contribution in [0.5, 0.6) is 0 Å². The standard InChI is InChI=1S/C13H16N6S2/c1-4-8-6-9-10(20-8)17-12(14-5-2)18-11(9)21-13-15-7-16-19(13)3/h6-7H,4-5H2,1-3H3,(H,14,17,18). The molecule has 0 aromatic carbocycles. The van der Waals surface area contributed by atoms with Gasteiger partial charge in [-0.1, -0.05) is 6.92 Å². The van der Waals surface area contributed by atoms with Gasteiger partial charge < -0.3 is 5.32 Å². The molecule has 6 nitrogen and oxygen atoms in total. The van der Waals surface area contributed by atoms with E-state index in [2.05, 4.69) is 38.4 Å². The lowest BCUT2D eigenvalue weighted by molar-refractivity contribution is 0.685. The number of fused-ring (bicyclic) bond motifs is 1. The summed E-state index contributed by atoms with van der Waals surface area (Å²) in [6, 6.07) is 2.18. The van der Waals surface area contributed by atoms with E-state index in [1.54, 1.807) is 22.3 Å². The summed E-state index contributed by atoms with van der Waals surface area (Å²) >= 11 is 3.24. The van der Waals surface area contributed by atoms with E-state index in [0.29, 0.717) is 5.95 Å². The second-order valence-corrected chi connectivity index (χ2v) is 6.51. The van der Waals surface area contributed by atoms with Crippen LogP contribution >= 0.6 is 23.1 Å². The minimum absolute atomic E-state index is 0.666. The number of nitrogens with zero attached hydrogens (tertiary/aromatic N) is 5. The number of hydrogen-bond donors (Lipinski definition) is 1. The van der Waals surface area contributed by atoms with E-state index in [1.165, 1.54) is 16.6 Å². The highest BCUT2D eigenvalue weighted by Gasteiger charge is 2.14. The van der Waals surface area contributed by atoms with E-state index in [1.807, 2.05) is 14.0 Å². The summed E-state index contributed by atoms with van der Waals surface area (Å²) in [5.41, 5.74) is 0. The molecule has 21 heavy (non-hydrogen) atoms. The summed E-state index contributed by atoms with van der Waals surface area (Å²) in [5.74, 6) is 0.666. The number of thiophene rings is 1. The smallest absolute Gasteiger partial charge is 0.225 e. The first kappa shape index (κ1) is 14.3. The van der Waals surface area contributed by atoms with Crippen LogP contribution in [0.25, 0.3) is 10.2 Å². The van der Waals surface area contributed by atoms with Gasteiger partial charge in [0.05, 0.1) is 0 Å². The first-order chi connectivity index (χ1) is 10.2. The minimum atomic E-state index is 0.666. The molecule has 0 unspecified atom stereocenters. The summed E-state index contributed by atoms with van der Waals surface area (Å²) in [6.45, 7) is 4.99. The summed E-state index contributed by atoms with van der Waals surface area (Å²) in [5, 5.41) is 10.1. The molecule has 0 radical (unpaired) electrons. The molecule has 0 aliphatic heterocycles. The maximum atomic E-state index is 4.62. The number of hydrogen-bond acceptors (Lipinski definition) is 7. The molecule has 3 aromatic rings. The Morgan fingerprint density at radius 1 is 1.33 bits per heavy atom. The molecular weight excluding hydrogens is 304 g/mol. The molecule has 0 bridgehead atoms. The van der Waals surface area contributed by atoms with Crippen LogP contribution in [0.2, 0.25) is 0 Å². The average molecular weight is 320 g/mol. The van der Waals surface area contributed by atoms with Gasteiger partial charge in [-0.05, 0) is 31.2 Å². The number of anilines is 1. The van der Waals surface area contributed by atoms with E-state index in [9.17, 15) is 0 Å². The van der Waals surface area contributed by atoms with Crippen molar-refractivity contribution in [1.82, 2.24) is 24.7 Å². The fourth-order valence-electron chi connectivity index (χ4n) is 1.90. The highest BCUT2D eigenvalue weighted by atomic mass is 32.2. The predicted molar refractivity (Wildman–Crippen MR) is 86.1 cm³/mol. The molecule has 8 heteroatoms. The number of nitrogens with one attached hydrogen (secondary N) is 1. The summed E-state index contributed by atoms with van der Waals surface area (Å²) in [6.07, 6.45) is 2.56. The Hall–Kier alpha value is -1.67. The zero-order chi connectivity index (χ0) is 14.8. The highest BCUT2D eigenvalue weighted by Crippen LogP contribution is 2.35. The van der Waals surface area contributed by atoms with Gasteiger partial charge in [-0.25, -0.2) is 19.6 Å². The lowest BCUT2D eigenvalue weighted by Gasteiger charge is -2.05. The molecule has 0 aliphatic carbocycles. The Balaban J connectivity index is 2.09. The van der Waals surface area contributed by atoms with Crippen molar-refractivity contribution in [3.63, 3.8) is 0 Å². The van der Waals surface area contributed by atoms with E-state index in [4.69, 9.17) is 0 Å². The Labute approximate surface area is 131 Å². The molecule has 0 aliphatic rings. The van der Waals surface area contributed by atoms with Gasteiger partial charge in [0.25, 0.3) is 0 Å². The maximum absolute atomic E-state index is 4.62. The Bertz CT molecular complexity index is 763. The Kier molecular flexibility index (Phi) is 4.07.